The first-order valence-electron chi connectivity index (χ1n) is 12.3. The zero-order valence-corrected chi connectivity index (χ0v) is 18.7. The van der Waals surface area contributed by atoms with Gasteiger partial charge in [-0.25, -0.2) is 14.5 Å². The molecule has 1 aliphatic rings. The second-order valence-corrected chi connectivity index (χ2v) is 8.07. The molecule has 11 heteroatoms. The van der Waals surface area contributed by atoms with Crippen molar-refractivity contribution in [1.82, 2.24) is 29.8 Å². The highest BCUT2D eigenvalue weighted by Crippen LogP contribution is 2.30. The van der Waals surface area contributed by atoms with Crippen LogP contribution in [0, 0.1) is 0 Å². The summed E-state index contributed by atoms with van der Waals surface area (Å²) in [4.78, 5) is 23.4. The molecule has 1 aliphatic heterocycles. The van der Waals surface area contributed by atoms with Crippen LogP contribution in [0.5, 0.6) is 0 Å². The number of nitrogens with zero attached hydrogens (tertiary/aromatic N) is 7. The minimum Gasteiger partial charge on any atom is -0.378 e. The molecule has 1 fully saturated rings. The summed E-state index contributed by atoms with van der Waals surface area (Å²) in [5.41, 5.74) is 3.18. The molecule has 0 bridgehead atoms. The molecule has 4 aromatic rings. The van der Waals surface area contributed by atoms with Crippen LogP contribution in [0.3, 0.4) is 0 Å². The van der Waals surface area contributed by atoms with E-state index < -0.39 is 6.98 Å². The highest BCUT2D eigenvalue weighted by Gasteiger charge is 2.17. The number of fused-ring (bicyclic) bond motifs is 2. The third kappa shape index (κ3) is 4.25. The number of pyridine rings is 2. The number of allylic oxidation sites excluding steroid dienone is 1. The van der Waals surface area contributed by atoms with E-state index in [2.05, 4.69) is 40.8 Å². The highest BCUT2D eigenvalue weighted by atomic mass is 16.5. The molecule has 174 valence electrons. The van der Waals surface area contributed by atoms with E-state index in [1.165, 1.54) is 12.3 Å². The fourth-order valence-electron chi connectivity index (χ4n) is 3.78. The summed E-state index contributed by atoms with van der Waals surface area (Å²) in [6.07, 6.45) is 4.83. The predicted molar refractivity (Wildman–Crippen MR) is 130 cm³/mol. The maximum absolute atomic E-state index is 12.3. The van der Waals surface area contributed by atoms with Crippen LogP contribution in [0.25, 0.3) is 27.9 Å². The number of nitrogens with one attached hydrogen (secondary N) is 2. The first-order valence-corrected chi connectivity index (χ1v) is 10.8. The average molecular weight is 463 g/mol. The Balaban J connectivity index is 1.59. The second kappa shape index (κ2) is 9.02. The maximum Gasteiger partial charge on any atom is 0.249 e. The molecule has 1 saturated heterocycles. The molecular weight excluding hydrogens is 434 g/mol. The van der Waals surface area contributed by atoms with Gasteiger partial charge in [-0.3, -0.25) is 4.79 Å². The standard InChI is InChI=1S/C23H25N9O2/c1-14(2)10-20(33)26-18-11-16-17(12-25-23(24-3)21(16)29-28-18)22-27-19-5-4-15(13-32(19)30-22)31-6-8-34-9-7-31/h4-5,10-13H,6-9H2,1-3H3,(H,24,25)(H,26,28,33)/i3D3. The van der Waals surface area contributed by atoms with Crippen molar-refractivity contribution in [1.29, 1.82) is 0 Å². The number of ether oxygens (including phenoxy) is 1. The van der Waals surface area contributed by atoms with Gasteiger partial charge in [-0.1, -0.05) is 5.57 Å². The lowest BCUT2D eigenvalue weighted by atomic mass is 10.1. The van der Waals surface area contributed by atoms with E-state index in [0.29, 0.717) is 35.6 Å². The van der Waals surface area contributed by atoms with Crippen molar-refractivity contribution in [3.63, 3.8) is 0 Å². The molecule has 4 aromatic heterocycles. The van der Waals surface area contributed by atoms with Crippen LogP contribution < -0.4 is 15.5 Å². The number of anilines is 3. The van der Waals surface area contributed by atoms with Gasteiger partial charge in [0.25, 0.3) is 0 Å². The fourth-order valence-corrected chi connectivity index (χ4v) is 3.78. The largest absolute Gasteiger partial charge is 0.378 e. The van der Waals surface area contributed by atoms with Gasteiger partial charge in [0.05, 0.1) is 25.1 Å². The minimum atomic E-state index is -2.49. The molecule has 0 radical (unpaired) electrons. The molecule has 5 rings (SSSR count). The molecule has 11 nitrogen and oxygen atoms in total. The predicted octanol–water partition coefficient (Wildman–Crippen LogP) is 2.52. The number of morpholine rings is 1. The van der Waals surface area contributed by atoms with Gasteiger partial charge >= 0.3 is 0 Å². The van der Waals surface area contributed by atoms with Gasteiger partial charge in [0.2, 0.25) is 5.91 Å². The smallest absolute Gasteiger partial charge is 0.249 e. The normalized spacial score (nSPS) is 15.5. The van der Waals surface area contributed by atoms with Gasteiger partial charge in [0, 0.05) is 47.4 Å². The summed E-state index contributed by atoms with van der Waals surface area (Å²) in [7, 11) is 0. The molecule has 0 unspecified atom stereocenters. The molecular formula is C23H25N9O2. The van der Waals surface area contributed by atoms with Crippen LogP contribution in [0.4, 0.5) is 17.3 Å². The number of carbonyl (C=O) groups excluding carboxylic acids is 1. The van der Waals surface area contributed by atoms with Crippen LogP contribution in [0.15, 0.2) is 42.2 Å². The molecule has 2 N–H and O–H groups in total. The first-order chi connectivity index (χ1) is 17.7. The number of rotatable bonds is 5. The summed E-state index contributed by atoms with van der Waals surface area (Å²) in [6.45, 7) is 4.05. The van der Waals surface area contributed by atoms with Crippen molar-refractivity contribution in [2.24, 2.45) is 0 Å². The Bertz CT molecular complexity index is 1510. The van der Waals surface area contributed by atoms with E-state index in [-0.39, 0.29) is 23.1 Å². The molecule has 1 amide bonds. The van der Waals surface area contributed by atoms with Gasteiger partial charge in [-0.15, -0.1) is 15.3 Å². The Morgan fingerprint density at radius 1 is 1.24 bits per heavy atom. The van der Waals surface area contributed by atoms with Crippen molar-refractivity contribution in [2.75, 3.05) is 48.8 Å². The van der Waals surface area contributed by atoms with E-state index in [1.807, 2.05) is 32.2 Å². The summed E-state index contributed by atoms with van der Waals surface area (Å²) in [5, 5.41) is 18.4. The molecule has 5 heterocycles. The summed E-state index contributed by atoms with van der Waals surface area (Å²) in [6, 6.07) is 5.47. The lowest BCUT2D eigenvalue weighted by molar-refractivity contribution is -0.112. The second-order valence-electron chi connectivity index (χ2n) is 8.07. The van der Waals surface area contributed by atoms with Gasteiger partial charge < -0.3 is 20.3 Å². The Hall–Kier alpha value is -4.12. The quantitative estimate of drug-likeness (QED) is 0.431. The minimum absolute atomic E-state index is 0.0341. The Labute approximate surface area is 200 Å². The van der Waals surface area contributed by atoms with Crippen molar-refractivity contribution >= 4 is 39.8 Å². The number of hydrogen-bond donors (Lipinski definition) is 2. The molecule has 0 atom stereocenters. The van der Waals surface area contributed by atoms with Gasteiger partial charge in [0.1, 0.15) is 5.52 Å². The third-order valence-electron chi connectivity index (χ3n) is 5.35. The summed E-state index contributed by atoms with van der Waals surface area (Å²) in [5.74, 6) is 0.241. The van der Waals surface area contributed by atoms with Crippen LogP contribution >= 0.6 is 0 Å². The zero-order chi connectivity index (χ0) is 26.2. The van der Waals surface area contributed by atoms with Crippen molar-refractivity contribution < 1.29 is 13.6 Å². The van der Waals surface area contributed by atoms with Crippen LogP contribution in [-0.2, 0) is 9.53 Å². The third-order valence-corrected chi connectivity index (χ3v) is 5.35. The molecule has 0 aliphatic carbocycles. The van der Waals surface area contributed by atoms with Gasteiger partial charge in [0.15, 0.2) is 23.1 Å². The lowest BCUT2D eigenvalue weighted by Crippen LogP contribution is -2.36. The van der Waals surface area contributed by atoms with E-state index in [1.54, 1.807) is 10.6 Å². The fraction of sp³-hybridized carbons (Fsp3) is 0.304. The number of aromatic nitrogens is 6. The van der Waals surface area contributed by atoms with Crippen LogP contribution in [-0.4, -0.2) is 69.0 Å². The summed E-state index contributed by atoms with van der Waals surface area (Å²) >= 11 is 0. The van der Waals surface area contributed by atoms with Gasteiger partial charge in [-0.05, 0) is 32.0 Å². The van der Waals surface area contributed by atoms with E-state index in [4.69, 9.17) is 8.85 Å². The van der Waals surface area contributed by atoms with Crippen LogP contribution in [0.2, 0.25) is 0 Å². The van der Waals surface area contributed by atoms with Crippen molar-refractivity contribution in [3.8, 4) is 11.4 Å². The monoisotopic (exact) mass is 462 g/mol. The lowest BCUT2D eigenvalue weighted by Gasteiger charge is -2.28. The Morgan fingerprint density at radius 3 is 2.88 bits per heavy atom. The molecule has 34 heavy (non-hydrogen) atoms. The van der Waals surface area contributed by atoms with Crippen LogP contribution in [0.1, 0.15) is 18.0 Å². The summed E-state index contributed by atoms with van der Waals surface area (Å²) < 4.78 is 29.8. The van der Waals surface area contributed by atoms with Crippen molar-refractivity contribution in [2.45, 2.75) is 13.8 Å². The first kappa shape index (κ1) is 18.3. The zero-order valence-electron chi connectivity index (χ0n) is 21.7. The van der Waals surface area contributed by atoms with E-state index >= 15 is 0 Å². The molecule has 0 saturated carbocycles. The Kier molecular flexibility index (Phi) is 4.86. The topological polar surface area (TPSA) is 122 Å². The van der Waals surface area contributed by atoms with Gasteiger partial charge in [-0.2, -0.15) is 0 Å². The molecule has 0 spiro atoms. The highest BCUT2D eigenvalue weighted by molar-refractivity contribution is 6.03. The van der Waals surface area contributed by atoms with Crippen molar-refractivity contribution in [3.05, 3.63) is 42.2 Å². The van der Waals surface area contributed by atoms with E-state index in [0.717, 1.165) is 24.4 Å². The molecule has 0 aromatic carbocycles. The SMILES string of the molecule is [2H]C([2H])([2H])Nc1ncc(-c2nc3ccc(N4CCOCC4)cn3n2)c2cc(NC(=O)C=C(C)C)nnc12. The number of hydrogen-bond acceptors (Lipinski definition) is 9. The Morgan fingerprint density at radius 2 is 2.09 bits per heavy atom. The average Bonchev–Trinajstić information content (AvgIpc) is 3.26. The number of amides is 1. The maximum atomic E-state index is 12.3. The number of carbonyl (C=O) groups is 1. The van der Waals surface area contributed by atoms with E-state index in [9.17, 15) is 4.79 Å².